The summed E-state index contributed by atoms with van der Waals surface area (Å²) >= 11 is 0. The van der Waals surface area contributed by atoms with Crippen molar-refractivity contribution < 1.29 is 9.53 Å². The summed E-state index contributed by atoms with van der Waals surface area (Å²) in [6.07, 6.45) is 2.39. The highest BCUT2D eigenvalue weighted by Gasteiger charge is 2.26. The number of nitrogens with one attached hydrogen (secondary N) is 1. The van der Waals surface area contributed by atoms with Gasteiger partial charge in [-0.2, -0.15) is 0 Å². The highest BCUT2D eigenvalue weighted by molar-refractivity contribution is 5.78. The average molecular weight is 393 g/mol. The van der Waals surface area contributed by atoms with Gasteiger partial charge in [-0.1, -0.05) is 0 Å². The Morgan fingerprint density at radius 2 is 1.79 bits per heavy atom. The van der Waals surface area contributed by atoms with Crippen LogP contribution in [-0.4, -0.2) is 72.4 Å². The van der Waals surface area contributed by atoms with Gasteiger partial charge in [0.15, 0.2) is 0 Å². The van der Waals surface area contributed by atoms with Crippen LogP contribution in [0, 0.1) is 5.92 Å². The van der Waals surface area contributed by atoms with E-state index in [4.69, 9.17) is 4.74 Å². The number of carbonyl (C=O) groups excluding carboxylic acids is 1. The fourth-order valence-electron chi connectivity index (χ4n) is 3.88. The normalized spacial score (nSPS) is 19.0. The largest absolute Gasteiger partial charge is 0.379 e. The average Bonchev–Trinajstić information content (AvgIpc) is 2.73. The van der Waals surface area contributed by atoms with Gasteiger partial charge in [-0.25, -0.2) is 4.79 Å². The van der Waals surface area contributed by atoms with Crippen LogP contribution in [0.25, 0.3) is 0 Å². The third-order valence-corrected chi connectivity index (χ3v) is 5.74. The molecule has 0 spiro atoms. The second-order valence-electron chi connectivity index (χ2n) is 7.60. The predicted octanol–water partition coefficient (Wildman–Crippen LogP) is -0.861. The molecule has 1 aromatic heterocycles. The van der Waals surface area contributed by atoms with Crippen molar-refractivity contribution in [1.82, 2.24) is 19.4 Å². The number of aromatic nitrogens is 2. The number of morpholine rings is 1. The second-order valence-corrected chi connectivity index (χ2v) is 7.60. The van der Waals surface area contributed by atoms with Crippen LogP contribution in [0.1, 0.15) is 19.3 Å². The summed E-state index contributed by atoms with van der Waals surface area (Å²) in [5, 5.41) is 3.06. The highest BCUT2D eigenvalue weighted by Crippen LogP contribution is 2.21. The van der Waals surface area contributed by atoms with Gasteiger partial charge >= 0.3 is 5.69 Å². The predicted molar refractivity (Wildman–Crippen MR) is 107 cm³/mol. The van der Waals surface area contributed by atoms with E-state index >= 15 is 0 Å². The molecule has 9 nitrogen and oxygen atoms in total. The van der Waals surface area contributed by atoms with Crippen molar-refractivity contribution >= 4 is 11.7 Å². The summed E-state index contributed by atoms with van der Waals surface area (Å²) < 4.78 is 7.93. The zero-order valence-corrected chi connectivity index (χ0v) is 16.9. The number of ether oxygens (including phenoxy) is 1. The number of anilines is 1. The second kappa shape index (κ2) is 9.38. The molecule has 156 valence electrons. The first kappa shape index (κ1) is 20.6. The van der Waals surface area contributed by atoms with Crippen LogP contribution in [-0.2, 0) is 23.6 Å². The van der Waals surface area contributed by atoms with Crippen LogP contribution in [0.15, 0.2) is 15.7 Å². The maximum atomic E-state index is 12.4. The SMILES string of the molecule is Cn1c(N2CCC(C(=O)NCCCN3CCOCC3)CC2)cc(=O)n(C)c1=O. The number of carbonyl (C=O) groups is 1. The van der Waals surface area contributed by atoms with Gasteiger partial charge in [-0.3, -0.25) is 23.6 Å². The van der Waals surface area contributed by atoms with Crippen molar-refractivity contribution in [3.05, 3.63) is 26.9 Å². The molecule has 1 aromatic rings. The number of hydrogen-bond acceptors (Lipinski definition) is 6. The van der Waals surface area contributed by atoms with Crippen molar-refractivity contribution in [3.8, 4) is 0 Å². The van der Waals surface area contributed by atoms with Gasteiger partial charge in [-0.15, -0.1) is 0 Å². The molecule has 0 unspecified atom stereocenters. The van der Waals surface area contributed by atoms with Crippen LogP contribution >= 0.6 is 0 Å². The van der Waals surface area contributed by atoms with Gasteiger partial charge in [0.05, 0.1) is 13.2 Å². The minimum Gasteiger partial charge on any atom is -0.379 e. The number of nitrogens with zero attached hydrogens (tertiary/aromatic N) is 4. The molecule has 0 aliphatic carbocycles. The number of hydrogen-bond donors (Lipinski definition) is 1. The van der Waals surface area contributed by atoms with Crippen LogP contribution < -0.4 is 21.5 Å². The lowest BCUT2D eigenvalue weighted by molar-refractivity contribution is -0.125. The van der Waals surface area contributed by atoms with Crippen molar-refractivity contribution in [2.24, 2.45) is 20.0 Å². The molecule has 28 heavy (non-hydrogen) atoms. The lowest BCUT2D eigenvalue weighted by Crippen LogP contribution is -2.45. The minimum absolute atomic E-state index is 0.0109. The first-order chi connectivity index (χ1) is 13.5. The van der Waals surface area contributed by atoms with E-state index in [1.54, 1.807) is 7.05 Å². The molecular formula is C19H31N5O4. The maximum absolute atomic E-state index is 12.4. The first-order valence-corrected chi connectivity index (χ1v) is 10.1. The molecule has 0 bridgehead atoms. The standard InChI is InChI=1S/C19H31N5O4/c1-21-16(14-17(25)22(2)19(21)27)24-8-4-15(5-9-24)18(26)20-6-3-7-23-10-12-28-13-11-23/h14-15H,3-13H2,1-2H3,(H,20,26). The van der Waals surface area contributed by atoms with E-state index in [0.717, 1.165) is 56.7 Å². The molecule has 2 aliphatic rings. The highest BCUT2D eigenvalue weighted by atomic mass is 16.5. The summed E-state index contributed by atoms with van der Waals surface area (Å²) in [6.45, 7) is 6.53. The molecule has 3 rings (SSSR count). The summed E-state index contributed by atoms with van der Waals surface area (Å²) in [6, 6.07) is 1.49. The van der Waals surface area contributed by atoms with Gasteiger partial charge < -0.3 is 15.0 Å². The van der Waals surface area contributed by atoms with Crippen LogP contribution in [0.5, 0.6) is 0 Å². The van der Waals surface area contributed by atoms with E-state index in [9.17, 15) is 14.4 Å². The van der Waals surface area contributed by atoms with Crippen LogP contribution in [0.4, 0.5) is 5.82 Å². The Kier molecular flexibility index (Phi) is 6.90. The molecule has 0 aromatic carbocycles. The van der Waals surface area contributed by atoms with E-state index in [0.29, 0.717) is 25.5 Å². The fraction of sp³-hybridized carbons (Fsp3) is 0.737. The molecule has 9 heteroatoms. The topological polar surface area (TPSA) is 88.8 Å². The monoisotopic (exact) mass is 393 g/mol. The molecule has 0 saturated carbocycles. The Morgan fingerprint density at radius 3 is 2.46 bits per heavy atom. The van der Waals surface area contributed by atoms with Crippen molar-refractivity contribution in [3.63, 3.8) is 0 Å². The van der Waals surface area contributed by atoms with Crippen LogP contribution in [0.3, 0.4) is 0 Å². The van der Waals surface area contributed by atoms with E-state index in [-0.39, 0.29) is 23.1 Å². The summed E-state index contributed by atoms with van der Waals surface area (Å²) in [7, 11) is 3.15. The molecule has 1 amide bonds. The summed E-state index contributed by atoms with van der Waals surface area (Å²) in [5.41, 5.74) is -0.638. The van der Waals surface area contributed by atoms with Gasteiger partial charge in [-0.05, 0) is 25.8 Å². The molecule has 0 atom stereocenters. The molecule has 0 radical (unpaired) electrons. The van der Waals surface area contributed by atoms with Gasteiger partial charge in [0, 0.05) is 58.8 Å². The Labute approximate surface area is 164 Å². The lowest BCUT2D eigenvalue weighted by atomic mass is 9.96. The minimum atomic E-state index is -0.331. The van der Waals surface area contributed by atoms with Crippen molar-refractivity contribution in [2.75, 3.05) is 57.4 Å². The molecular weight excluding hydrogens is 362 g/mol. The molecule has 2 fully saturated rings. The van der Waals surface area contributed by atoms with Gasteiger partial charge in [0.25, 0.3) is 5.56 Å². The van der Waals surface area contributed by atoms with E-state index in [1.165, 1.54) is 17.7 Å². The van der Waals surface area contributed by atoms with Crippen molar-refractivity contribution in [1.29, 1.82) is 0 Å². The zero-order chi connectivity index (χ0) is 20.1. The lowest BCUT2D eigenvalue weighted by Gasteiger charge is -2.33. The number of amides is 1. The molecule has 2 saturated heterocycles. The Morgan fingerprint density at radius 1 is 1.11 bits per heavy atom. The maximum Gasteiger partial charge on any atom is 0.332 e. The zero-order valence-electron chi connectivity index (χ0n) is 16.9. The van der Waals surface area contributed by atoms with Crippen LogP contribution in [0.2, 0.25) is 0 Å². The molecule has 2 aliphatic heterocycles. The smallest absolute Gasteiger partial charge is 0.332 e. The quantitative estimate of drug-likeness (QED) is 0.633. The van der Waals surface area contributed by atoms with E-state index in [2.05, 4.69) is 10.2 Å². The third-order valence-electron chi connectivity index (χ3n) is 5.74. The number of piperidine rings is 1. The van der Waals surface area contributed by atoms with Crippen molar-refractivity contribution in [2.45, 2.75) is 19.3 Å². The van der Waals surface area contributed by atoms with E-state index in [1.807, 2.05) is 4.90 Å². The summed E-state index contributed by atoms with van der Waals surface area (Å²) in [4.78, 5) is 40.9. The third kappa shape index (κ3) is 4.82. The Hall–Kier alpha value is -2.13. The number of rotatable bonds is 6. The Bertz CT molecular complexity index is 788. The Balaban J connectivity index is 1.44. The van der Waals surface area contributed by atoms with Gasteiger partial charge in [0.2, 0.25) is 5.91 Å². The molecule has 1 N–H and O–H groups in total. The fourth-order valence-corrected chi connectivity index (χ4v) is 3.88. The first-order valence-electron chi connectivity index (χ1n) is 10.1. The molecule has 3 heterocycles. The summed E-state index contributed by atoms with van der Waals surface area (Å²) in [5.74, 6) is 0.722. The van der Waals surface area contributed by atoms with Gasteiger partial charge in [0.1, 0.15) is 5.82 Å². The van der Waals surface area contributed by atoms with E-state index < -0.39 is 0 Å².